The van der Waals surface area contributed by atoms with Crippen LogP contribution in [0.3, 0.4) is 0 Å². The highest BCUT2D eigenvalue weighted by atomic mass is 35.5. The van der Waals surface area contributed by atoms with E-state index in [2.05, 4.69) is 12.6 Å². The van der Waals surface area contributed by atoms with Gasteiger partial charge in [0.05, 0.1) is 15.6 Å². The van der Waals surface area contributed by atoms with Crippen molar-refractivity contribution in [3.8, 4) is 0 Å². The molecule has 0 saturated heterocycles. The smallest absolute Gasteiger partial charge is 0.219 e. The summed E-state index contributed by atoms with van der Waals surface area (Å²) in [5.74, 6) is 0. The van der Waals surface area contributed by atoms with Gasteiger partial charge in [-0.25, -0.2) is 0 Å². The largest absolute Gasteiger partial charge is 0.282 e. The van der Waals surface area contributed by atoms with E-state index in [1.54, 1.807) is 6.07 Å². The molecule has 4 heteroatoms. The Kier molecular flexibility index (Phi) is 4.30. The number of hydrogen-bond donors (Lipinski definition) is 1. The van der Waals surface area contributed by atoms with Crippen molar-refractivity contribution < 1.29 is 4.79 Å². The molecule has 0 aliphatic carbocycles. The monoisotopic (exact) mass is 248 g/mol. The van der Waals surface area contributed by atoms with Crippen molar-refractivity contribution in [2.45, 2.75) is 19.8 Å². The number of carbonyl (C=O) groups is 1. The second kappa shape index (κ2) is 5.06. The maximum absolute atomic E-state index is 11.1. The minimum atomic E-state index is -0.391. The van der Waals surface area contributed by atoms with Gasteiger partial charge in [-0.1, -0.05) is 42.6 Å². The van der Waals surface area contributed by atoms with E-state index in [9.17, 15) is 4.79 Å². The lowest BCUT2D eigenvalue weighted by atomic mass is 10.1. The van der Waals surface area contributed by atoms with Crippen LogP contribution in [0.15, 0.2) is 12.1 Å². The van der Waals surface area contributed by atoms with Gasteiger partial charge in [0, 0.05) is 0 Å². The predicted molar refractivity (Wildman–Crippen MR) is 63.8 cm³/mol. The summed E-state index contributed by atoms with van der Waals surface area (Å²) >= 11 is 15.6. The Hall–Kier alpha value is -0.180. The molecule has 0 saturated carbocycles. The molecule has 0 N–H and O–H groups in total. The molecular weight excluding hydrogens is 239 g/mol. The highest BCUT2D eigenvalue weighted by Gasteiger charge is 2.14. The number of carbonyl (C=O) groups excluding carboxylic acids is 1. The van der Waals surface area contributed by atoms with Gasteiger partial charge in [-0.05, 0) is 18.1 Å². The van der Waals surface area contributed by atoms with Crippen molar-refractivity contribution in [2.24, 2.45) is 0 Å². The lowest BCUT2D eigenvalue weighted by molar-refractivity contribution is 0.109. The molecule has 1 aromatic carbocycles. The fraction of sp³-hybridized carbons (Fsp3) is 0.300. The molecule has 0 aliphatic heterocycles. The van der Waals surface area contributed by atoms with Crippen molar-refractivity contribution in [2.75, 3.05) is 0 Å². The summed E-state index contributed by atoms with van der Waals surface area (Å²) in [6, 6.07) is 3.52. The Morgan fingerprint density at radius 1 is 1.43 bits per heavy atom. The van der Waals surface area contributed by atoms with Crippen LogP contribution in [-0.2, 0) is 6.42 Å². The second-order valence-electron chi connectivity index (χ2n) is 2.95. The van der Waals surface area contributed by atoms with Gasteiger partial charge in [0.25, 0.3) is 0 Å². The van der Waals surface area contributed by atoms with E-state index in [-0.39, 0.29) is 0 Å². The average Bonchev–Trinajstić information content (AvgIpc) is 2.10. The molecule has 0 aliphatic rings. The van der Waals surface area contributed by atoms with Crippen LogP contribution in [0.4, 0.5) is 0 Å². The number of halogens is 2. The topological polar surface area (TPSA) is 17.1 Å². The maximum Gasteiger partial charge on any atom is 0.219 e. The molecule has 0 atom stereocenters. The lowest BCUT2D eigenvalue weighted by Crippen LogP contribution is -1.96. The predicted octanol–water partition coefficient (Wildman–Crippen LogP) is 4.02. The zero-order valence-corrected chi connectivity index (χ0v) is 10.1. The summed E-state index contributed by atoms with van der Waals surface area (Å²) in [5.41, 5.74) is 1.25. The van der Waals surface area contributed by atoms with E-state index < -0.39 is 5.12 Å². The normalized spacial score (nSPS) is 10.3. The number of hydrogen-bond acceptors (Lipinski definition) is 1. The van der Waals surface area contributed by atoms with Crippen LogP contribution in [0.25, 0.3) is 0 Å². The van der Waals surface area contributed by atoms with Crippen molar-refractivity contribution in [3.05, 3.63) is 33.3 Å². The van der Waals surface area contributed by atoms with Crippen molar-refractivity contribution in [1.29, 1.82) is 0 Å². The Labute approximate surface area is 98.8 Å². The zero-order chi connectivity index (χ0) is 10.7. The van der Waals surface area contributed by atoms with E-state index in [0.29, 0.717) is 15.6 Å². The van der Waals surface area contributed by atoms with E-state index in [4.69, 9.17) is 23.2 Å². The Morgan fingerprint density at radius 3 is 2.57 bits per heavy atom. The third-order valence-corrected chi connectivity index (χ3v) is 2.87. The number of thiol groups is 1. The molecule has 76 valence electrons. The van der Waals surface area contributed by atoms with Crippen LogP contribution in [-0.4, -0.2) is 5.12 Å². The second-order valence-corrected chi connectivity index (χ2v) is 4.14. The van der Waals surface area contributed by atoms with Crippen molar-refractivity contribution >= 4 is 40.9 Å². The van der Waals surface area contributed by atoms with Gasteiger partial charge >= 0.3 is 0 Å². The van der Waals surface area contributed by atoms with Crippen LogP contribution in [0.1, 0.15) is 29.3 Å². The SMILES string of the molecule is CCCc1ccc(Cl)c(C(=O)S)c1Cl. The average molecular weight is 249 g/mol. The summed E-state index contributed by atoms with van der Waals surface area (Å²) in [4.78, 5) is 11.1. The molecule has 1 nitrogen and oxygen atoms in total. The Morgan fingerprint density at radius 2 is 2.07 bits per heavy atom. The van der Waals surface area contributed by atoms with E-state index in [1.807, 2.05) is 13.0 Å². The van der Waals surface area contributed by atoms with Gasteiger partial charge in [-0.2, -0.15) is 0 Å². The van der Waals surface area contributed by atoms with Crippen molar-refractivity contribution in [1.82, 2.24) is 0 Å². The first-order valence-electron chi connectivity index (χ1n) is 4.28. The molecule has 0 bridgehead atoms. The number of benzene rings is 1. The first-order valence-corrected chi connectivity index (χ1v) is 5.48. The Bertz CT molecular complexity index is 363. The number of aryl methyl sites for hydroxylation is 1. The molecule has 0 spiro atoms. The van der Waals surface area contributed by atoms with Crippen LogP contribution in [0.5, 0.6) is 0 Å². The first kappa shape index (κ1) is 11.9. The minimum absolute atomic E-state index is 0.308. The van der Waals surface area contributed by atoms with Gasteiger partial charge in [0.15, 0.2) is 0 Å². The number of rotatable bonds is 3. The summed E-state index contributed by atoms with van der Waals surface area (Å²) in [6.45, 7) is 2.05. The molecule has 0 radical (unpaired) electrons. The first-order chi connectivity index (χ1) is 6.57. The van der Waals surface area contributed by atoms with Crippen LogP contribution < -0.4 is 0 Å². The molecular formula is C10H10Cl2OS. The summed E-state index contributed by atoms with van der Waals surface area (Å²) in [6.07, 6.45) is 1.81. The zero-order valence-electron chi connectivity index (χ0n) is 7.68. The summed E-state index contributed by atoms with van der Waals surface area (Å²) < 4.78 is 0. The van der Waals surface area contributed by atoms with E-state index in [0.717, 1.165) is 18.4 Å². The van der Waals surface area contributed by atoms with Gasteiger partial charge in [-0.3, -0.25) is 4.79 Å². The summed E-state index contributed by atoms with van der Waals surface area (Å²) in [5, 5.41) is 0.396. The third-order valence-electron chi connectivity index (χ3n) is 1.90. The molecule has 1 rings (SSSR count). The minimum Gasteiger partial charge on any atom is -0.282 e. The molecule has 0 aromatic heterocycles. The highest BCUT2D eigenvalue weighted by Crippen LogP contribution is 2.30. The molecule has 14 heavy (non-hydrogen) atoms. The maximum atomic E-state index is 11.1. The summed E-state index contributed by atoms with van der Waals surface area (Å²) in [7, 11) is 0. The van der Waals surface area contributed by atoms with Gasteiger partial charge < -0.3 is 0 Å². The van der Waals surface area contributed by atoms with Crippen LogP contribution in [0, 0.1) is 0 Å². The van der Waals surface area contributed by atoms with E-state index in [1.165, 1.54) is 0 Å². The third kappa shape index (κ3) is 2.44. The molecule has 1 aromatic rings. The van der Waals surface area contributed by atoms with Gasteiger partial charge in [0.1, 0.15) is 0 Å². The Balaban J connectivity index is 3.26. The fourth-order valence-corrected chi connectivity index (χ4v) is 2.25. The molecule has 0 fully saturated rings. The van der Waals surface area contributed by atoms with Gasteiger partial charge in [-0.15, -0.1) is 12.6 Å². The van der Waals surface area contributed by atoms with Crippen LogP contribution in [0.2, 0.25) is 10.0 Å². The fourth-order valence-electron chi connectivity index (χ4n) is 1.25. The van der Waals surface area contributed by atoms with Crippen molar-refractivity contribution in [3.63, 3.8) is 0 Å². The van der Waals surface area contributed by atoms with Crippen LogP contribution >= 0.6 is 35.8 Å². The van der Waals surface area contributed by atoms with E-state index >= 15 is 0 Å². The molecule has 0 amide bonds. The van der Waals surface area contributed by atoms with Gasteiger partial charge in [0.2, 0.25) is 5.12 Å². The lowest BCUT2D eigenvalue weighted by Gasteiger charge is -2.07. The molecule has 0 unspecified atom stereocenters. The quantitative estimate of drug-likeness (QED) is 0.801. The standard InChI is InChI=1S/C10H10Cl2OS/c1-2-3-6-4-5-7(11)8(9(6)12)10(13)14/h4-5H,2-3H2,1H3,(H,13,14). The highest BCUT2D eigenvalue weighted by molar-refractivity contribution is 7.97. The molecule has 0 heterocycles.